The number of piperidine rings is 1. The zero-order valence-electron chi connectivity index (χ0n) is 9.95. The van der Waals surface area contributed by atoms with Crippen molar-refractivity contribution in [3.63, 3.8) is 0 Å². The maximum Gasteiger partial charge on any atom is 0.165 e. The van der Waals surface area contributed by atoms with Gasteiger partial charge >= 0.3 is 0 Å². The molecule has 3 nitrogen and oxygen atoms in total. The van der Waals surface area contributed by atoms with Gasteiger partial charge in [0.1, 0.15) is 0 Å². The minimum Gasteiger partial charge on any atom is -0.494 e. The third kappa shape index (κ3) is 1.91. The van der Waals surface area contributed by atoms with Crippen LogP contribution in [0.5, 0.6) is 5.75 Å². The smallest absolute Gasteiger partial charge is 0.165 e. The summed E-state index contributed by atoms with van der Waals surface area (Å²) < 4.78 is 18.5. The van der Waals surface area contributed by atoms with Gasteiger partial charge in [-0.3, -0.25) is 4.90 Å². The second kappa shape index (κ2) is 4.27. The molecule has 2 atom stereocenters. The van der Waals surface area contributed by atoms with E-state index >= 15 is 0 Å². The lowest BCUT2D eigenvalue weighted by molar-refractivity contribution is -0.0207. The molecule has 0 aromatic heterocycles. The molecule has 92 valence electrons. The largest absolute Gasteiger partial charge is 0.494 e. The van der Waals surface area contributed by atoms with Crippen LogP contribution < -0.4 is 10.1 Å². The average Bonchev–Trinajstić information content (AvgIpc) is 2.37. The van der Waals surface area contributed by atoms with Crippen LogP contribution in [0.2, 0.25) is 0 Å². The number of hydrogen-bond donors (Lipinski definition) is 1. The summed E-state index contributed by atoms with van der Waals surface area (Å²) in [5, 5.41) is 3.39. The van der Waals surface area contributed by atoms with Crippen LogP contribution in [-0.2, 0) is 6.54 Å². The van der Waals surface area contributed by atoms with Crippen molar-refractivity contribution in [3.05, 3.63) is 29.6 Å². The first-order chi connectivity index (χ1) is 8.28. The first-order valence-electron chi connectivity index (χ1n) is 6.07. The molecule has 1 N–H and O–H groups in total. The van der Waals surface area contributed by atoms with Crippen LogP contribution in [0.25, 0.3) is 0 Å². The fourth-order valence-electron chi connectivity index (χ4n) is 2.84. The van der Waals surface area contributed by atoms with Crippen molar-refractivity contribution in [2.45, 2.75) is 25.0 Å². The Morgan fingerprint density at radius 3 is 2.76 bits per heavy atom. The Bertz CT molecular complexity index is 410. The van der Waals surface area contributed by atoms with E-state index in [1.807, 2.05) is 6.07 Å². The molecule has 2 unspecified atom stereocenters. The summed E-state index contributed by atoms with van der Waals surface area (Å²) in [6.07, 6.45) is 1.28. The first-order valence-corrected chi connectivity index (χ1v) is 6.07. The zero-order chi connectivity index (χ0) is 11.8. The molecule has 2 heterocycles. The predicted octanol–water partition coefficient (Wildman–Crippen LogP) is 1.38. The van der Waals surface area contributed by atoms with Crippen molar-refractivity contribution in [1.29, 1.82) is 0 Å². The molecule has 3 rings (SSSR count). The number of benzene rings is 1. The van der Waals surface area contributed by atoms with Crippen molar-refractivity contribution in [2.75, 3.05) is 20.2 Å². The summed E-state index contributed by atoms with van der Waals surface area (Å²) in [5.41, 5.74) is 1.03. The number of nitrogens with zero attached hydrogens (tertiary/aromatic N) is 1. The van der Waals surface area contributed by atoms with Gasteiger partial charge in [-0.1, -0.05) is 6.07 Å². The Kier molecular flexibility index (Phi) is 2.76. The second-order valence-electron chi connectivity index (χ2n) is 4.84. The SMILES string of the molecule is COc1ccc(CN2C3CNCC2C3)cc1F. The summed E-state index contributed by atoms with van der Waals surface area (Å²) in [4.78, 5) is 2.46. The molecule has 2 bridgehead atoms. The zero-order valence-corrected chi connectivity index (χ0v) is 9.95. The van der Waals surface area contributed by atoms with E-state index in [4.69, 9.17) is 4.74 Å². The number of halogens is 1. The van der Waals surface area contributed by atoms with Gasteiger partial charge in [0, 0.05) is 31.7 Å². The van der Waals surface area contributed by atoms with Crippen LogP contribution in [0.15, 0.2) is 18.2 Å². The van der Waals surface area contributed by atoms with Gasteiger partial charge < -0.3 is 10.1 Å². The van der Waals surface area contributed by atoms with Gasteiger partial charge in [-0.05, 0) is 24.1 Å². The summed E-state index contributed by atoms with van der Waals surface area (Å²) in [6, 6.07) is 6.51. The van der Waals surface area contributed by atoms with Crippen molar-refractivity contribution in [1.82, 2.24) is 10.2 Å². The Morgan fingerprint density at radius 2 is 2.18 bits per heavy atom. The highest BCUT2D eigenvalue weighted by Crippen LogP contribution is 2.30. The van der Waals surface area contributed by atoms with Crippen molar-refractivity contribution >= 4 is 0 Å². The van der Waals surface area contributed by atoms with Gasteiger partial charge in [0.15, 0.2) is 11.6 Å². The Hall–Kier alpha value is -1.13. The van der Waals surface area contributed by atoms with Gasteiger partial charge in [0.2, 0.25) is 0 Å². The highest BCUT2D eigenvalue weighted by molar-refractivity contribution is 5.29. The van der Waals surface area contributed by atoms with E-state index in [-0.39, 0.29) is 5.82 Å². The second-order valence-corrected chi connectivity index (χ2v) is 4.84. The van der Waals surface area contributed by atoms with Crippen LogP contribution >= 0.6 is 0 Å². The minimum atomic E-state index is -0.270. The van der Waals surface area contributed by atoms with E-state index in [2.05, 4.69) is 10.2 Å². The Morgan fingerprint density at radius 1 is 1.41 bits per heavy atom. The van der Waals surface area contributed by atoms with Gasteiger partial charge in [-0.2, -0.15) is 0 Å². The topological polar surface area (TPSA) is 24.5 Å². The summed E-state index contributed by atoms with van der Waals surface area (Å²) in [6.45, 7) is 2.97. The van der Waals surface area contributed by atoms with Gasteiger partial charge in [-0.25, -0.2) is 4.39 Å². The Balaban J connectivity index is 1.71. The monoisotopic (exact) mass is 236 g/mol. The van der Waals surface area contributed by atoms with E-state index in [0.29, 0.717) is 17.8 Å². The van der Waals surface area contributed by atoms with Gasteiger partial charge in [0.25, 0.3) is 0 Å². The third-order valence-corrected chi connectivity index (χ3v) is 3.82. The molecule has 0 radical (unpaired) electrons. The molecule has 4 heteroatoms. The molecule has 1 aromatic rings. The van der Waals surface area contributed by atoms with E-state index in [0.717, 1.165) is 25.2 Å². The summed E-state index contributed by atoms with van der Waals surface area (Å²) in [5.74, 6) is 0.0491. The van der Waals surface area contributed by atoms with E-state index in [1.54, 1.807) is 12.1 Å². The lowest BCUT2D eigenvalue weighted by atomic mass is 9.88. The maximum atomic E-state index is 13.6. The lowest BCUT2D eigenvalue weighted by Gasteiger charge is -2.53. The molecule has 0 amide bonds. The van der Waals surface area contributed by atoms with E-state index < -0.39 is 0 Å². The maximum absolute atomic E-state index is 13.6. The average molecular weight is 236 g/mol. The Labute approximate surface area is 101 Å². The molecule has 1 aromatic carbocycles. The number of fused-ring (bicyclic) bond motifs is 2. The lowest BCUT2D eigenvalue weighted by Crippen LogP contribution is -2.67. The molecular weight excluding hydrogens is 219 g/mol. The molecule has 0 spiro atoms. The van der Waals surface area contributed by atoms with Crippen LogP contribution in [0.1, 0.15) is 12.0 Å². The van der Waals surface area contributed by atoms with E-state index in [1.165, 1.54) is 13.5 Å². The normalized spacial score (nSPS) is 27.6. The van der Waals surface area contributed by atoms with E-state index in [9.17, 15) is 4.39 Å². The number of hydrogen-bond acceptors (Lipinski definition) is 3. The molecule has 2 aliphatic rings. The fraction of sp³-hybridized carbons (Fsp3) is 0.538. The number of rotatable bonds is 3. The number of piperazine rings is 1. The number of ether oxygens (including phenoxy) is 1. The molecule has 2 fully saturated rings. The number of methoxy groups -OCH3 is 1. The predicted molar refractivity (Wildman–Crippen MR) is 63.6 cm³/mol. The minimum absolute atomic E-state index is 0.270. The highest BCUT2D eigenvalue weighted by Gasteiger charge is 2.40. The van der Waals surface area contributed by atoms with Crippen LogP contribution in [0, 0.1) is 5.82 Å². The molecule has 2 aliphatic heterocycles. The first kappa shape index (κ1) is 11.0. The molecule has 2 saturated heterocycles. The fourth-order valence-corrected chi connectivity index (χ4v) is 2.84. The van der Waals surface area contributed by atoms with Gasteiger partial charge in [-0.15, -0.1) is 0 Å². The molecular formula is C13H17FN2O. The number of nitrogens with one attached hydrogen (secondary N) is 1. The standard InChI is InChI=1S/C13H17FN2O/c1-17-13-3-2-9(4-12(13)14)8-16-10-5-11(16)7-15-6-10/h2-4,10-11,15H,5-8H2,1H3. The van der Waals surface area contributed by atoms with Crippen LogP contribution in [-0.4, -0.2) is 37.2 Å². The third-order valence-electron chi connectivity index (χ3n) is 3.82. The summed E-state index contributed by atoms with van der Waals surface area (Å²) in [7, 11) is 1.49. The molecule has 0 aliphatic carbocycles. The van der Waals surface area contributed by atoms with Gasteiger partial charge in [0.05, 0.1) is 7.11 Å². The quantitative estimate of drug-likeness (QED) is 0.858. The van der Waals surface area contributed by atoms with Crippen molar-refractivity contribution in [2.24, 2.45) is 0 Å². The van der Waals surface area contributed by atoms with Crippen molar-refractivity contribution in [3.8, 4) is 5.75 Å². The van der Waals surface area contributed by atoms with Crippen molar-refractivity contribution < 1.29 is 9.13 Å². The van der Waals surface area contributed by atoms with Crippen LogP contribution in [0.3, 0.4) is 0 Å². The van der Waals surface area contributed by atoms with Crippen LogP contribution in [0.4, 0.5) is 4.39 Å². The molecule has 17 heavy (non-hydrogen) atoms. The highest BCUT2D eigenvalue weighted by atomic mass is 19.1. The molecule has 0 saturated carbocycles. The summed E-state index contributed by atoms with van der Waals surface area (Å²) >= 11 is 0.